The Morgan fingerprint density at radius 2 is 1.92 bits per heavy atom. The maximum atomic E-state index is 14.6. The molecule has 1 amide bonds. The highest BCUT2D eigenvalue weighted by Crippen LogP contribution is 2.45. The average molecular weight is 530 g/mol. The van der Waals surface area contributed by atoms with Gasteiger partial charge >= 0.3 is 0 Å². The summed E-state index contributed by atoms with van der Waals surface area (Å²) in [6, 6.07) is 5.51. The number of nitrogens with zero attached hydrogens (tertiary/aromatic N) is 4. The normalized spacial score (nSPS) is 25.4. The molecule has 10 nitrogen and oxygen atoms in total. The smallest absolute Gasteiger partial charge is 0.229 e. The van der Waals surface area contributed by atoms with Crippen LogP contribution in [0, 0.1) is 30.5 Å². The zero-order valence-corrected chi connectivity index (χ0v) is 21.7. The Kier molecular flexibility index (Phi) is 6.80. The molecule has 2 bridgehead atoms. The minimum atomic E-state index is -3.18. The predicted molar refractivity (Wildman–Crippen MR) is 141 cm³/mol. The molecule has 5 rings (SSSR count). The maximum absolute atomic E-state index is 14.6. The summed E-state index contributed by atoms with van der Waals surface area (Å²) in [5.41, 5.74) is 8.41. The molecule has 1 saturated carbocycles. The van der Waals surface area contributed by atoms with Gasteiger partial charge in [0.05, 0.1) is 17.9 Å². The number of halogens is 1. The van der Waals surface area contributed by atoms with Crippen molar-refractivity contribution in [1.82, 2.24) is 14.3 Å². The molecule has 2 aliphatic carbocycles. The standard InChI is InChI=1S/C25H32FN7O3S/c1-3-37(35,36)33-10-8-32(9-11-33)20-7-6-18(12-15(20)2)29-25-28-14-19(26)24(31-25)30-22-17-5-4-16(13-17)21(22)23(27)34/h4-7,12,14,16-17,21-22H,3,8-11,13H2,1-2H3,(H2,27,34)(H2,28,29,30,31)/t16-,17+,21+,22+/m1/s1. The number of sulfonamides is 1. The number of carbonyl (C=O) groups is 1. The van der Waals surface area contributed by atoms with Crippen molar-refractivity contribution < 1.29 is 17.6 Å². The van der Waals surface area contributed by atoms with Gasteiger partial charge in [0, 0.05) is 43.6 Å². The number of benzene rings is 1. The highest BCUT2D eigenvalue weighted by atomic mass is 32.2. The maximum Gasteiger partial charge on any atom is 0.229 e. The lowest BCUT2D eigenvalue weighted by molar-refractivity contribution is -0.122. The molecule has 1 aliphatic heterocycles. The van der Waals surface area contributed by atoms with Crippen molar-refractivity contribution in [1.29, 1.82) is 0 Å². The molecule has 4 N–H and O–H groups in total. The first-order valence-electron chi connectivity index (χ1n) is 12.5. The van der Waals surface area contributed by atoms with Crippen molar-refractivity contribution in [2.24, 2.45) is 23.5 Å². The van der Waals surface area contributed by atoms with Crippen LogP contribution in [0.5, 0.6) is 0 Å². The highest BCUT2D eigenvalue weighted by molar-refractivity contribution is 7.89. The number of carbonyl (C=O) groups excluding carboxylic acids is 1. The molecule has 2 fully saturated rings. The molecular weight excluding hydrogens is 497 g/mol. The second-order valence-corrected chi connectivity index (χ2v) is 12.1. The quantitative estimate of drug-likeness (QED) is 0.444. The monoisotopic (exact) mass is 529 g/mol. The number of fused-ring (bicyclic) bond motifs is 2. The zero-order valence-electron chi connectivity index (χ0n) is 20.9. The Balaban J connectivity index is 1.27. The summed E-state index contributed by atoms with van der Waals surface area (Å²) >= 11 is 0. The number of hydrogen-bond acceptors (Lipinski definition) is 8. The van der Waals surface area contributed by atoms with E-state index in [0.29, 0.717) is 26.2 Å². The Bertz CT molecular complexity index is 1330. The summed E-state index contributed by atoms with van der Waals surface area (Å²) in [5, 5.41) is 6.24. The number of primary amides is 1. The van der Waals surface area contributed by atoms with Gasteiger partial charge in [0.15, 0.2) is 11.6 Å². The van der Waals surface area contributed by atoms with Gasteiger partial charge < -0.3 is 21.3 Å². The van der Waals surface area contributed by atoms with Crippen LogP contribution in [0.1, 0.15) is 18.9 Å². The summed E-state index contributed by atoms with van der Waals surface area (Å²) in [6.07, 6.45) is 5.98. The molecule has 0 spiro atoms. The summed E-state index contributed by atoms with van der Waals surface area (Å²) < 4.78 is 40.4. The topological polar surface area (TPSA) is 134 Å². The van der Waals surface area contributed by atoms with Gasteiger partial charge in [-0.25, -0.2) is 17.8 Å². The third-order valence-electron chi connectivity index (χ3n) is 7.63. The van der Waals surface area contributed by atoms with Crippen LogP contribution in [-0.2, 0) is 14.8 Å². The number of hydrogen-bond donors (Lipinski definition) is 3. The molecule has 1 saturated heterocycles. The molecule has 4 atom stereocenters. The molecule has 3 aliphatic rings. The van der Waals surface area contributed by atoms with Gasteiger partial charge in [-0.2, -0.15) is 9.29 Å². The van der Waals surface area contributed by atoms with Crippen molar-refractivity contribution in [3.05, 3.63) is 47.9 Å². The van der Waals surface area contributed by atoms with Crippen molar-refractivity contribution in [3.63, 3.8) is 0 Å². The fourth-order valence-electron chi connectivity index (χ4n) is 5.70. The van der Waals surface area contributed by atoms with Gasteiger partial charge in [-0.15, -0.1) is 0 Å². The minimum Gasteiger partial charge on any atom is -0.369 e. The average Bonchev–Trinajstić information content (AvgIpc) is 3.48. The van der Waals surface area contributed by atoms with Crippen molar-refractivity contribution >= 4 is 39.1 Å². The molecule has 0 radical (unpaired) electrons. The van der Waals surface area contributed by atoms with Crippen LogP contribution in [0.3, 0.4) is 0 Å². The Morgan fingerprint density at radius 3 is 2.59 bits per heavy atom. The molecule has 37 heavy (non-hydrogen) atoms. The van der Waals surface area contributed by atoms with Gasteiger partial charge in [0.2, 0.25) is 21.9 Å². The van der Waals surface area contributed by atoms with E-state index in [9.17, 15) is 17.6 Å². The first kappa shape index (κ1) is 25.4. The van der Waals surface area contributed by atoms with Crippen LogP contribution in [0.2, 0.25) is 0 Å². The fraction of sp³-hybridized carbons (Fsp3) is 0.480. The van der Waals surface area contributed by atoms with E-state index in [1.54, 1.807) is 11.2 Å². The number of rotatable bonds is 8. The fourth-order valence-corrected chi connectivity index (χ4v) is 6.78. The molecule has 1 aromatic carbocycles. The van der Waals surface area contributed by atoms with E-state index >= 15 is 0 Å². The van der Waals surface area contributed by atoms with Crippen molar-refractivity contribution in [3.8, 4) is 0 Å². The van der Waals surface area contributed by atoms with Gasteiger partial charge in [-0.3, -0.25) is 4.79 Å². The van der Waals surface area contributed by atoms with Gasteiger partial charge in [0.25, 0.3) is 0 Å². The third kappa shape index (κ3) is 4.99. The van der Waals surface area contributed by atoms with Gasteiger partial charge in [0.1, 0.15) is 0 Å². The molecule has 2 heterocycles. The zero-order chi connectivity index (χ0) is 26.3. The highest BCUT2D eigenvalue weighted by Gasteiger charge is 2.47. The van der Waals surface area contributed by atoms with E-state index in [4.69, 9.17) is 5.73 Å². The first-order valence-corrected chi connectivity index (χ1v) is 14.1. The number of nitrogens with one attached hydrogen (secondary N) is 2. The van der Waals surface area contributed by atoms with E-state index in [1.807, 2.05) is 37.3 Å². The van der Waals surface area contributed by atoms with E-state index in [2.05, 4.69) is 25.5 Å². The van der Waals surface area contributed by atoms with Crippen molar-refractivity contribution in [2.75, 3.05) is 47.5 Å². The Hall–Kier alpha value is -3.25. The van der Waals surface area contributed by atoms with Crippen LogP contribution in [0.4, 0.5) is 27.5 Å². The Morgan fingerprint density at radius 1 is 1.19 bits per heavy atom. The van der Waals surface area contributed by atoms with Crippen LogP contribution >= 0.6 is 0 Å². The second kappa shape index (κ2) is 9.90. The first-order chi connectivity index (χ1) is 17.7. The summed E-state index contributed by atoms with van der Waals surface area (Å²) in [6.45, 7) is 5.81. The van der Waals surface area contributed by atoms with Crippen LogP contribution in [0.25, 0.3) is 0 Å². The summed E-state index contributed by atoms with van der Waals surface area (Å²) in [7, 11) is -3.18. The molecular formula is C25H32FN7O3S. The van der Waals surface area contributed by atoms with E-state index in [-0.39, 0.29) is 35.4 Å². The minimum absolute atomic E-state index is 0.0305. The van der Waals surface area contributed by atoms with Gasteiger partial charge in [-0.05, 0) is 55.9 Å². The van der Waals surface area contributed by atoms with E-state index in [0.717, 1.165) is 29.6 Å². The number of allylic oxidation sites excluding steroid dienone is 1. The molecule has 1 aromatic heterocycles. The number of aryl methyl sites for hydroxylation is 1. The lowest BCUT2D eigenvalue weighted by Crippen LogP contribution is -2.49. The second-order valence-electron chi connectivity index (χ2n) is 9.85. The SMILES string of the molecule is CCS(=O)(=O)N1CCN(c2ccc(Nc3ncc(F)c(N[C@@H]4[C@@H](C(N)=O)[C@@H]5C=C[C@H]4C5)n3)cc2C)CC1. The van der Waals surface area contributed by atoms with E-state index < -0.39 is 27.7 Å². The van der Waals surface area contributed by atoms with Crippen molar-refractivity contribution in [2.45, 2.75) is 26.3 Å². The molecule has 12 heteroatoms. The lowest BCUT2D eigenvalue weighted by atomic mass is 9.88. The Labute approximate surface area is 216 Å². The number of piperazine rings is 1. The third-order valence-corrected chi connectivity index (χ3v) is 9.51. The summed E-state index contributed by atoms with van der Waals surface area (Å²) in [5.74, 6) is -0.857. The molecule has 0 unspecified atom stereocenters. The summed E-state index contributed by atoms with van der Waals surface area (Å²) in [4.78, 5) is 22.6. The van der Waals surface area contributed by atoms with Crippen LogP contribution in [-0.4, -0.2) is 66.6 Å². The van der Waals surface area contributed by atoms with Gasteiger partial charge in [-0.1, -0.05) is 12.2 Å². The van der Waals surface area contributed by atoms with E-state index in [1.165, 1.54) is 0 Å². The largest absolute Gasteiger partial charge is 0.369 e. The number of nitrogens with two attached hydrogens (primary N) is 1. The number of amides is 1. The number of anilines is 4. The molecule has 2 aromatic rings. The lowest BCUT2D eigenvalue weighted by Gasteiger charge is -2.36. The van der Waals surface area contributed by atoms with Crippen LogP contribution in [0.15, 0.2) is 36.5 Å². The van der Waals surface area contributed by atoms with Crippen LogP contribution < -0.4 is 21.3 Å². The predicted octanol–water partition coefficient (Wildman–Crippen LogP) is 2.23. The molecule has 198 valence electrons. The number of aromatic nitrogens is 2.